The first kappa shape index (κ1) is 13.0. The molecule has 0 heterocycles. The molecule has 0 bridgehead atoms. The van der Waals surface area contributed by atoms with E-state index in [4.69, 9.17) is 0 Å². The van der Waals surface area contributed by atoms with Crippen LogP contribution in [0.5, 0.6) is 0 Å². The Balaban J connectivity index is 2.48. The molecule has 1 N–H and O–H groups in total. The zero-order valence-corrected chi connectivity index (χ0v) is 10.3. The molecule has 0 aliphatic carbocycles. The minimum Gasteiger partial charge on any atom is -0.386 e. The summed E-state index contributed by atoms with van der Waals surface area (Å²) >= 11 is 0. The average molecular weight is 218 g/mol. The Bertz CT molecular complexity index is 311. The van der Waals surface area contributed by atoms with Gasteiger partial charge in [-0.05, 0) is 18.9 Å². The van der Waals surface area contributed by atoms with E-state index in [-0.39, 0.29) is 0 Å². The molecule has 1 heteroatoms. The van der Waals surface area contributed by atoms with Crippen molar-refractivity contribution in [2.45, 2.75) is 45.1 Å². The molecule has 1 atom stereocenters. The van der Waals surface area contributed by atoms with Gasteiger partial charge in [0.05, 0.1) is 5.60 Å². The summed E-state index contributed by atoms with van der Waals surface area (Å²) in [6, 6.07) is 10.1. The van der Waals surface area contributed by atoms with Gasteiger partial charge in [0.15, 0.2) is 0 Å². The fourth-order valence-corrected chi connectivity index (χ4v) is 1.66. The van der Waals surface area contributed by atoms with Gasteiger partial charge in [-0.3, -0.25) is 0 Å². The van der Waals surface area contributed by atoms with E-state index in [0.29, 0.717) is 0 Å². The average Bonchev–Trinajstić information content (AvgIpc) is 2.28. The van der Waals surface area contributed by atoms with Crippen LogP contribution in [0.3, 0.4) is 0 Å². The lowest BCUT2D eigenvalue weighted by Crippen LogP contribution is -2.20. The third kappa shape index (κ3) is 5.13. The van der Waals surface area contributed by atoms with E-state index < -0.39 is 5.60 Å². The fraction of sp³-hybridized carbons (Fsp3) is 0.467. The molecule has 1 rings (SSSR count). The lowest BCUT2D eigenvalue weighted by molar-refractivity contribution is 0.0995. The molecule has 1 aromatic rings. The van der Waals surface area contributed by atoms with Crippen molar-refractivity contribution >= 4 is 6.08 Å². The van der Waals surface area contributed by atoms with E-state index in [1.807, 2.05) is 49.4 Å². The maximum absolute atomic E-state index is 10.1. The Morgan fingerprint density at radius 1 is 1.19 bits per heavy atom. The molecule has 88 valence electrons. The molecule has 0 radical (unpaired) electrons. The molecular formula is C15H22O. The van der Waals surface area contributed by atoms with Crippen LogP contribution in [0, 0.1) is 0 Å². The van der Waals surface area contributed by atoms with Crippen molar-refractivity contribution in [3.8, 4) is 0 Å². The van der Waals surface area contributed by atoms with Crippen LogP contribution in [0.15, 0.2) is 36.4 Å². The molecule has 1 aromatic carbocycles. The standard InChI is InChI=1S/C15H22O/c1-3-4-8-12-15(2,16)13-11-14-9-6-5-7-10-14/h5-7,9-11,13,16H,3-4,8,12H2,1-2H3/b13-11+. The fourth-order valence-electron chi connectivity index (χ4n) is 1.66. The summed E-state index contributed by atoms with van der Waals surface area (Å²) in [5, 5.41) is 10.1. The molecule has 0 amide bonds. The first-order valence-corrected chi connectivity index (χ1v) is 6.11. The van der Waals surface area contributed by atoms with E-state index in [0.717, 1.165) is 18.4 Å². The number of rotatable bonds is 6. The number of hydrogen-bond acceptors (Lipinski definition) is 1. The van der Waals surface area contributed by atoms with Crippen molar-refractivity contribution in [1.29, 1.82) is 0 Å². The number of hydrogen-bond donors (Lipinski definition) is 1. The molecule has 1 nitrogen and oxygen atoms in total. The monoisotopic (exact) mass is 218 g/mol. The molecule has 0 aliphatic heterocycles. The molecular weight excluding hydrogens is 196 g/mol. The van der Waals surface area contributed by atoms with Gasteiger partial charge in [-0.1, -0.05) is 68.7 Å². The molecule has 0 aliphatic rings. The SMILES string of the molecule is CCCCCC(C)(O)/C=C/c1ccccc1. The topological polar surface area (TPSA) is 20.2 Å². The lowest BCUT2D eigenvalue weighted by atomic mass is 9.97. The second kappa shape index (κ2) is 6.49. The molecule has 0 saturated carbocycles. The predicted molar refractivity (Wildman–Crippen MR) is 70.2 cm³/mol. The Labute approximate surface area is 98.8 Å². The van der Waals surface area contributed by atoms with Gasteiger partial charge < -0.3 is 5.11 Å². The summed E-state index contributed by atoms with van der Waals surface area (Å²) in [4.78, 5) is 0. The quantitative estimate of drug-likeness (QED) is 0.715. The van der Waals surface area contributed by atoms with Gasteiger partial charge in [0, 0.05) is 0 Å². The Morgan fingerprint density at radius 2 is 1.88 bits per heavy atom. The Hall–Kier alpha value is -1.08. The highest BCUT2D eigenvalue weighted by Gasteiger charge is 2.14. The number of unbranched alkanes of at least 4 members (excludes halogenated alkanes) is 2. The van der Waals surface area contributed by atoms with Gasteiger partial charge in [-0.15, -0.1) is 0 Å². The Kier molecular flexibility index (Phi) is 5.27. The zero-order valence-electron chi connectivity index (χ0n) is 10.3. The minimum atomic E-state index is -0.676. The highest BCUT2D eigenvalue weighted by molar-refractivity contribution is 5.49. The molecule has 0 aromatic heterocycles. The maximum atomic E-state index is 10.1. The van der Waals surface area contributed by atoms with Gasteiger partial charge >= 0.3 is 0 Å². The second-order valence-electron chi connectivity index (χ2n) is 4.56. The van der Waals surface area contributed by atoms with Crippen molar-refractivity contribution in [3.05, 3.63) is 42.0 Å². The van der Waals surface area contributed by atoms with Crippen molar-refractivity contribution < 1.29 is 5.11 Å². The Morgan fingerprint density at radius 3 is 2.50 bits per heavy atom. The van der Waals surface area contributed by atoms with Crippen LogP contribution in [0.4, 0.5) is 0 Å². The van der Waals surface area contributed by atoms with E-state index in [2.05, 4.69) is 6.92 Å². The van der Waals surface area contributed by atoms with E-state index in [1.165, 1.54) is 12.8 Å². The first-order valence-electron chi connectivity index (χ1n) is 6.11. The highest BCUT2D eigenvalue weighted by Crippen LogP contribution is 2.17. The molecule has 0 fully saturated rings. The largest absolute Gasteiger partial charge is 0.386 e. The van der Waals surface area contributed by atoms with Crippen LogP contribution in [-0.2, 0) is 0 Å². The van der Waals surface area contributed by atoms with Gasteiger partial charge in [-0.25, -0.2) is 0 Å². The van der Waals surface area contributed by atoms with Crippen molar-refractivity contribution in [2.75, 3.05) is 0 Å². The summed E-state index contributed by atoms with van der Waals surface area (Å²) in [5.74, 6) is 0. The second-order valence-corrected chi connectivity index (χ2v) is 4.56. The van der Waals surface area contributed by atoms with Crippen LogP contribution < -0.4 is 0 Å². The zero-order chi connectivity index (χ0) is 11.9. The van der Waals surface area contributed by atoms with Crippen LogP contribution in [0.1, 0.15) is 45.1 Å². The van der Waals surface area contributed by atoms with Gasteiger partial charge in [0.1, 0.15) is 0 Å². The van der Waals surface area contributed by atoms with Crippen molar-refractivity contribution in [1.82, 2.24) is 0 Å². The van der Waals surface area contributed by atoms with E-state index in [9.17, 15) is 5.11 Å². The smallest absolute Gasteiger partial charge is 0.0802 e. The maximum Gasteiger partial charge on any atom is 0.0802 e. The van der Waals surface area contributed by atoms with Gasteiger partial charge in [-0.2, -0.15) is 0 Å². The summed E-state index contributed by atoms with van der Waals surface area (Å²) in [6.07, 6.45) is 8.20. The van der Waals surface area contributed by atoms with Crippen LogP contribution in [0.2, 0.25) is 0 Å². The van der Waals surface area contributed by atoms with Crippen molar-refractivity contribution in [2.24, 2.45) is 0 Å². The van der Waals surface area contributed by atoms with Gasteiger partial charge in [0.25, 0.3) is 0 Å². The van der Waals surface area contributed by atoms with Gasteiger partial charge in [0.2, 0.25) is 0 Å². The summed E-state index contributed by atoms with van der Waals surface area (Å²) in [7, 11) is 0. The van der Waals surface area contributed by atoms with Crippen molar-refractivity contribution in [3.63, 3.8) is 0 Å². The highest BCUT2D eigenvalue weighted by atomic mass is 16.3. The summed E-state index contributed by atoms with van der Waals surface area (Å²) in [6.45, 7) is 4.05. The summed E-state index contributed by atoms with van der Waals surface area (Å²) < 4.78 is 0. The lowest BCUT2D eigenvalue weighted by Gasteiger charge is -2.18. The third-order valence-corrected chi connectivity index (χ3v) is 2.72. The van der Waals surface area contributed by atoms with Crippen LogP contribution in [-0.4, -0.2) is 10.7 Å². The van der Waals surface area contributed by atoms with Crippen LogP contribution in [0.25, 0.3) is 6.08 Å². The molecule has 1 unspecified atom stereocenters. The predicted octanol–water partition coefficient (Wildman–Crippen LogP) is 4.03. The number of aliphatic hydroxyl groups is 1. The van der Waals surface area contributed by atoms with E-state index >= 15 is 0 Å². The minimum absolute atomic E-state index is 0.676. The molecule has 0 saturated heterocycles. The summed E-state index contributed by atoms with van der Waals surface area (Å²) in [5.41, 5.74) is 0.462. The third-order valence-electron chi connectivity index (χ3n) is 2.72. The van der Waals surface area contributed by atoms with E-state index in [1.54, 1.807) is 0 Å². The normalized spacial score (nSPS) is 15.2. The molecule has 0 spiro atoms. The molecule has 16 heavy (non-hydrogen) atoms. The van der Waals surface area contributed by atoms with Crippen LogP contribution >= 0.6 is 0 Å². The first-order chi connectivity index (χ1) is 7.64. The number of benzene rings is 1.